The molecule has 2 aromatic rings. The van der Waals surface area contributed by atoms with E-state index in [1.807, 2.05) is 39.0 Å². The summed E-state index contributed by atoms with van der Waals surface area (Å²) in [6.45, 7) is 5.81. The number of carbonyl (C=O) groups is 1. The summed E-state index contributed by atoms with van der Waals surface area (Å²) >= 11 is 0. The normalized spacial score (nSPS) is 13.0. The topological polar surface area (TPSA) is 47.6 Å². The zero-order valence-electron chi connectivity index (χ0n) is 15.7. The van der Waals surface area contributed by atoms with Crippen LogP contribution >= 0.6 is 0 Å². The van der Waals surface area contributed by atoms with E-state index in [2.05, 4.69) is 5.32 Å². The minimum atomic E-state index is -0.750. The zero-order valence-corrected chi connectivity index (χ0v) is 15.7. The summed E-state index contributed by atoms with van der Waals surface area (Å²) in [6, 6.07) is 11.8. The lowest BCUT2D eigenvalue weighted by molar-refractivity contribution is -0.129. The van der Waals surface area contributed by atoms with Crippen molar-refractivity contribution in [1.82, 2.24) is 5.32 Å². The van der Waals surface area contributed by atoms with Crippen LogP contribution in [0.5, 0.6) is 11.5 Å². The molecule has 0 radical (unpaired) electrons. The maximum atomic E-state index is 13.8. The summed E-state index contributed by atoms with van der Waals surface area (Å²) in [5.41, 5.74) is 2.01. The first-order chi connectivity index (χ1) is 12.5. The molecule has 0 bridgehead atoms. The molecule has 1 amide bonds. The Hall–Kier alpha value is -2.56. The minimum Gasteiger partial charge on any atom is -0.496 e. The number of amides is 1. The van der Waals surface area contributed by atoms with Crippen molar-refractivity contribution in [3.63, 3.8) is 0 Å². The summed E-state index contributed by atoms with van der Waals surface area (Å²) in [5.74, 6) is 0.166. The third-order valence-corrected chi connectivity index (χ3v) is 4.32. The Labute approximate surface area is 154 Å². The van der Waals surface area contributed by atoms with Crippen LogP contribution in [-0.4, -0.2) is 19.1 Å². The molecule has 0 aromatic heterocycles. The lowest BCUT2D eigenvalue weighted by Crippen LogP contribution is -2.40. The van der Waals surface area contributed by atoms with Gasteiger partial charge in [-0.2, -0.15) is 0 Å². The number of rotatable bonds is 8. The largest absolute Gasteiger partial charge is 0.496 e. The molecule has 0 saturated heterocycles. The van der Waals surface area contributed by atoms with Crippen LogP contribution in [0, 0.1) is 12.7 Å². The summed E-state index contributed by atoms with van der Waals surface area (Å²) < 4.78 is 24.7. The Morgan fingerprint density at radius 3 is 2.42 bits per heavy atom. The highest BCUT2D eigenvalue weighted by Gasteiger charge is 2.23. The van der Waals surface area contributed by atoms with E-state index in [1.54, 1.807) is 19.2 Å². The zero-order chi connectivity index (χ0) is 19.1. The molecule has 2 rings (SSSR count). The van der Waals surface area contributed by atoms with Gasteiger partial charge in [0.2, 0.25) is 0 Å². The van der Waals surface area contributed by atoms with E-state index in [-0.39, 0.29) is 17.7 Å². The molecule has 140 valence electrons. The van der Waals surface area contributed by atoms with E-state index >= 15 is 0 Å². The highest BCUT2D eigenvalue weighted by Crippen LogP contribution is 2.25. The molecule has 1 N–H and O–H groups in total. The Kier molecular flexibility index (Phi) is 7.01. The average Bonchev–Trinajstić information content (AvgIpc) is 2.65. The second-order valence-corrected chi connectivity index (χ2v) is 6.14. The molecule has 0 saturated carbocycles. The molecule has 0 spiro atoms. The second-order valence-electron chi connectivity index (χ2n) is 6.14. The van der Waals surface area contributed by atoms with Gasteiger partial charge in [0.1, 0.15) is 5.75 Å². The van der Waals surface area contributed by atoms with Gasteiger partial charge in [-0.3, -0.25) is 4.79 Å². The summed E-state index contributed by atoms with van der Waals surface area (Å²) in [7, 11) is 1.63. The number of para-hydroxylation sites is 1. The SMILES string of the molecule is CCC(Oc1ccccc1F)C(=O)NC(CC)c1ccc(OC)c(C)c1. The van der Waals surface area contributed by atoms with Crippen LogP contribution in [0.2, 0.25) is 0 Å². The Morgan fingerprint density at radius 2 is 1.85 bits per heavy atom. The van der Waals surface area contributed by atoms with Gasteiger partial charge in [-0.1, -0.05) is 38.1 Å². The van der Waals surface area contributed by atoms with E-state index < -0.39 is 11.9 Å². The molecule has 26 heavy (non-hydrogen) atoms. The van der Waals surface area contributed by atoms with E-state index in [9.17, 15) is 9.18 Å². The summed E-state index contributed by atoms with van der Waals surface area (Å²) in [5, 5.41) is 3.01. The predicted octanol–water partition coefficient (Wildman–Crippen LogP) is 4.57. The molecule has 5 heteroatoms. The highest BCUT2D eigenvalue weighted by atomic mass is 19.1. The van der Waals surface area contributed by atoms with Crippen molar-refractivity contribution in [2.45, 2.75) is 45.8 Å². The van der Waals surface area contributed by atoms with Gasteiger partial charge in [0.15, 0.2) is 17.7 Å². The van der Waals surface area contributed by atoms with Crippen molar-refractivity contribution in [1.29, 1.82) is 0 Å². The molecular weight excluding hydrogens is 333 g/mol. The molecule has 4 nitrogen and oxygen atoms in total. The maximum absolute atomic E-state index is 13.8. The minimum absolute atomic E-state index is 0.0860. The maximum Gasteiger partial charge on any atom is 0.261 e. The fraction of sp³-hybridized carbons (Fsp3) is 0.381. The lowest BCUT2D eigenvalue weighted by atomic mass is 10.0. The molecule has 0 aliphatic heterocycles. The Morgan fingerprint density at radius 1 is 1.12 bits per heavy atom. The van der Waals surface area contributed by atoms with Gasteiger partial charge in [0.25, 0.3) is 5.91 Å². The number of methoxy groups -OCH3 is 1. The first-order valence-corrected chi connectivity index (χ1v) is 8.86. The quantitative estimate of drug-likeness (QED) is 0.751. The van der Waals surface area contributed by atoms with E-state index in [0.29, 0.717) is 6.42 Å². The fourth-order valence-corrected chi connectivity index (χ4v) is 2.82. The van der Waals surface area contributed by atoms with Gasteiger partial charge in [0.05, 0.1) is 13.2 Å². The van der Waals surface area contributed by atoms with Gasteiger partial charge in [-0.25, -0.2) is 4.39 Å². The second kappa shape index (κ2) is 9.22. The fourth-order valence-electron chi connectivity index (χ4n) is 2.82. The molecule has 0 aliphatic rings. The van der Waals surface area contributed by atoms with E-state index in [1.165, 1.54) is 12.1 Å². The first-order valence-electron chi connectivity index (χ1n) is 8.86. The monoisotopic (exact) mass is 359 g/mol. The van der Waals surface area contributed by atoms with Crippen molar-refractivity contribution in [3.05, 3.63) is 59.4 Å². The molecule has 0 heterocycles. The van der Waals surface area contributed by atoms with Crippen LogP contribution in [0.15, 0.2) is 42.5 Å². The van der Waals surface area contributed by atoms with Crippen LogP contribution in [0.25, 0.3) is 0 Å². The number of benzene rings is 2. The van der Waals surface area contributed by atoms with Crippen LogP contribution in [-0.2, 0) is 4.79 Å². The third kappa shape index (κ3) is 4.75. The van der Waals surface area contributed by atoms with E-state index in [0.717, 1.165) is 23.3 Å². The predicted molar refractivity (Wildman–Crippen MR) is 100 cm³/mol. The Bertz CT molecular complexity index is 748. The number of hydrogen-bond acceptors (Lipinski definition) is 3. The standard InChI is InChI=1S/C21H26FNO3/c1-5-17(15-11-12-19(25-4)14(3)13-15)23-21(24)18(6-2)26-20-10-8-7-9-16(20)22/h7-13,17-18H,5-6H2,1-4H3,(H,23,24). The molecule has 2 aromatic carbocycles. The first kappa shape index (κ1) is 19.8. The van der Waals surface area contributed by atoms with Crippen molar-refractivity contribution in [2.75, 3.05) is 7.11 Å². The van der Waals surface area contributed by atoms with Crippen LogP contribution in [0.1, 0.15) is 43.9 Å². The van der Waals surface area contributed by atoms with Gasteiger partial charge in [0, 0.05) is 0 Å². The van der Waals surface area contributed by atoms with E-state index in [4.69, 9.17) is 9.47 Å². The van der Waals surface area contributed by atoms with Crippen LogP contribution in [0.3, 0.4) is 0 Å². The molecule has 2 unspecified atom stereocenters. The molecule has 0 fully saturated rings. The lowest BCUT2D eigenvalue weighted by Gasteiger charge is -2.23. The smallest absolute Gasteiger partial charge is 0.261 e. The number of nitrogens with one attached hydrogen (secondary N) is 1. The van der Waals surface area contributed by atoms with Gasteiger partial charge in [-0.15, -0.1) is 0 Å². The van der Waals surface area contributed by atoms with Gasteiger partial charge in [-0.05, 0) is 49.1 Å². The van der Waals surface area contributed by atoms with Gasteiger partial charge < -0.3 is 14.8 Å². The highest BCUT2D eigenvalue weighted by molar-refractivity contribution is 5.81. The van der Waals surface area contributed by atoms with Gasteiger partial charge >= 0.3 is 0 Å². The number of carbonyl (C=O) groups excluding carboxylic acids is 1. The van der Waals surface area contributed by atoms with Crippen molar-refractivity contribution in [3.8, 4) is 11.5 Å². The van der Waals surface area contributed by atoms with Crippen molar-refractivity contribution in [2.24, 2.45) is 0 Å². The number of ether oxygens (including phenoxy) is 2. The van der Waals surface area contributed by atoms with Crippen LogP contribution < -0.4 is 14.8 Å². The third-order valence-electron chi connectivity index (χ3n) is 4.32. The summed E-state index contributed by atoms with van der Waals surface area (Å²) in [6.07, 6.45) is 0.423. The number of hydrogen-bond donors (Lipinski definition) is 1. The molecule has 0 aliphatic carbocycles. The summed E-state index contributed by atoms with van der Waals surface area (Å²) in [4.78, 5) is 12.7. The number of aryl methyl sites for hydroxylation is 1. The van der Waals surface area contributed by atoms with Crippen molar-refractivity contribution < 1.29 is 18.7 Å². The molecular formula is C21H26FNO3. The number of halogens is 1. The Balaban J connectivity index is 2.11. The van der Waals surface area contributed by atoms with Crippen molar-refractivity contribution >= 4 is 5.91 Å². The molecule has 2 atom stereocenters. The average molecular weight is 359 g/mol. The van der Waals surface area contributed by atoms with Crippen LogP contribution in [0.4, 0.5) is 4.39 Å².